The highest BCUT2D eigenvalue weighted by Gasteiger charge is 2.43. The van der Waals surface area contributed by atoms with Crippen molar-refractivity contribution in [2.75, 3.05) is 13.2 Å². The van der Waals surface area contributed by atoms with Crippen molar-refractivity contribution in [2.24, 2.45) is 12.9 Å². The molecule has 0 bridgehead atoms. The zero-order valence-electron chi connectivity index (χ0n) is 12.3. The summed E-state index contributed by atoms with van der Waals surface area (Å²) in [7, 11) is 1.96. The summed E-state index contributed by atoms with van der Waals surface area (Å²) in [5, 5.41) is 4.29. The Morgan fingerprint density at radius 1 is 1.24 bits per heavy atom. The Hall–Kier alpha value is -1.69. The smallest absolute Gasteiger partial charge is 0.0727 e. The fourth-order valence-electron chi connectivity index (χ4n) is 3.45. The second-order valence-electron chi connectivity index (χ2n) is 5.61. The van der Waals surface area contributed by atoms with Crippen LogP contribution in [0.2, 0.25) is 0 Å². The molecule has 1 atom stereocenters. The van der Waals surface area contributed by atoms with Crippen LogP contribution in [0.5, 0.6) is 0 Å². The summed E-state index contributed by atoms with van der Waals surface area (Å²) in [6, 6.07) is 12.6. The zero-order valence-corrected chi connectivity index (χ0v) is 12.3. The minimum Gasteiger partial charge on any atom is -0.381 e. The van der Waals surface area contributed by atoms with Gasteiger partial charge in [-0.3, -0.25) is 16.0 Å². The number of rotatable bonds is 4. The van der Waals surface area contributed by atoms with Gasteiger partial charge < -0.3 is 4.74 Å². The van der Waals surface area contributed by atoms with E-state index < -0.39 is 0 Å². The first-order valence-electron chi connectivity index (χ1n) is 7.35. The molecule has 0 amide bonds. The van der Waals surface area contributed by atoms with Gasteiger partial charge in [0.05, 0.1) is 11.7 Å². The maximum Gasteiger partial charge on any atom is 0.0727 e. The molecule has 0 saturated carbocycles. The molecule has 1 aliphatic rings. The Bertz CT molecular complexity index is 575. The molecule has 2 aromatic rings. The lowest BCUT2D eigenvalue weighted by Gasteiger charge is -2.43. The van der Waals surface area contributed by atoms with Gasteiger partial charge in [0.2, 0.25) is 0 Å². The maximum absolute atomic E-state index is 5.95. The minimum atomic E-state index is -0.0674. The van der Waals surface area contributed by atoms with E-state index in [9.17, 15) is 0 Å². The van der Waals surface area contributed by atoms with Crippen LogP contribution >= 0.6 is 0 Å². The number of nitrogens with one attached hydrogen (secondary N) is 1. The van der Waals surface area contributed by atoms with Gasteiger partial charge in [-0.1, -0.05) is 30.3 Å². The largest absolute Gasteiger partial charge is 0.381 e. The molecule has 0 spiro atoms. The maximum atomic E-state index is 5.95. The number of ether oxygens (including phenoxy) is 1. The van der Waals surface area contributed by atoms with Crippen molar-refractivity contribution in [1.82, 2.24) is 15.2 Å². The third-order valence-corrected chi connectivity index (χ3v) is 4.61. The average Bonchev–Trinajstić information content (AvgIpc) is 2.96. The van der Waals surface area contributed by atoms with Gasteiger partial charge in [0.25, 0.3) is 0 Å². The van der Waals surface area contributed by atoms with Gasteiger partial charge in [0, 0.05) is 31.9 Å². The molecule has 1 aliphatic heterocycles. The third-order valence-electron chi connectivity index (χ3n) is 4.61. The molecule has 1 saturated heterocycles. The zero-order chi connectivity index (χ0) is 14.7. The summed E-state index contributed by atoms with van der Waals surface area (Å²) in [6.45, 7) is 1.51. The average molecular weight is 286 g/mol. The van der Waals surface area contributed by atoms with Crippen LogP contribution in [0.25, 0.3) is 0 Å². The summed E-state index contributed by atoms with van der Waals surface area (Å²) in [4.78, 5) is 0. The number of aryl methyl sites for hydroxylation is 1. The molecule has 112 valence electrons. The first kappa shape index (κ1) is 14.3. The van der Waals surface area contributed by atoms with Crippen molar-refractivity contribution in [1.29, 1.82) is 0 Å². The van der Waals surface area contributed by atoms with Gasteiger partial charge >= 0.3 is 0 Å². The van der Waals surface area contributed by atoms with Gasteiger partial charge in [0.1, 0.15) is 0 Å². The molecular formula is C16H22N4O. The van der Waals surface area contributed by atoms with Crippen LogP contribution in [0.4, 0.5) is 0 Å². The predicted octanol–water partition coefficient (Wildman–Crippen LogP) is 1.67. The Morgan fingerprint density at radius 3 is 2.52 bits per heavy atom. The summed E-state index contributed by atoms with van der Waals surface area (Å²) >= 11 is 0. The van der Waals surface area contributed by atoms with Crippen molar-refractivity contribution in [3.05, 3.63) is 53.9 Å². The normalized spacial score (nSPS) is 19.3. The molecule has 5 nitrogen and oxygen atoms in total. The van der Waals surface area contributed by atoms with Crippen molar-refractivity contribution in [3.63, 3.8) is 0 Å². The molecule has 3 N–H and O–H groups in total. The van der Waals surface area contributed by atoms with E-state index in [2.05, 4.69) is 34.8 Å². The highest BCUT2D eigenvalue weighted by Crippen LogP contribution is 2.44. The van der Waals surface area contributed by atoms with Crippen molar-refractivity contribution in [3.8, 4) is 0 Å². The van der Waals surface area contributed by atoms with Crippen molar-refractivity contribution >= 4 is 0 Å². The molecule has 0 aliphatic carbocycles. The molecule has 1 unspecified atom stereocenters. The predicted molar refractivity (Wildman–Crippen MR) is 81.4 cm³/mol. The summed E-state index contributed by atoms with van der Waals surface area (Å²) < 4.78 is 7.49. The fourth-order valence-corrected chi connectivity index (χ4v) is 3.45. The van der Waals surface area contributed by atoms with E-state index in [-0.39, 0.29) is 11.5 Å². The lowest BCUT2D eigenvalue weighted by Crippen LogP contribution is -2.48. The summed E-state index contributed by atoms with van der Waals surface area (Å²) in [5.41, 5.74) is 5.37. The number of aromatic nitrogens is 2. The number of nitrogens with zero attached hydrogens (tertiary/aromatic N) is 2. The molecule has 5 heteroatoms. The highest BCUT2D eigenvalue weighted by molar-refractivity contribution is 5.31. The molecule has 1 fully saturated rings. The topological polar surface area (TPSA) is 65.1 Å². The lowest BCUT2D eigenvalue weighted by molar-refractivity contribution is 0.0327. The number of benzene rings is 1. The van der Waals surface area contributed by atoms with E-state index >= 15 is 0 Å². The standard InChI is InChI=1S/C16H22N4O/c1-20-14(7-10-18-20)15(19-17)16(8-11-21-12-9-16)13-5-3-2-4-6-13/h2-7,10,15,19H,8-9,11-12,17H2,1H3. The van der Waals surface area contributed by atoms with Crippen LogP contribution in [0.1, 0.15) is 30.1 Å². The number of hydrazine groups is 1. The van der Waals surface area contributed by atoms with Gasteiger partial charge in [0.15, 0.2) is 0 Å². The molecule has 2 heterocycles. The minimum absolute atomic E-state index is 0.0105. The van der Waals surface area contributed by atoms with Crippen LogP contribution in [-0.2, 0) is 17.2 Å². The molecular weight excluding hydrogens is 264 g/mol. The Kier molecular flexibility index (Phi) is 4.05. The molecule has 1 aromatic carbocycles. The number of hydrogen-bond acceptors (Lipinski definition) is 4. The van der Waals surface area contributed by atoms with Gasteiger partial charge in [-0.2, -0.15) is 5.10 Å². The number of nitrogens with two attached hydrogens (primary N) is 1. The van der Waals surface area contributed by atoms with Gasteiger partial charge in [-0.15, -0.1) is 0 Å². The fraction of sp³-hybridized carbons (Fsp3) is 0.438. The molecule has 0 radical (unpaired) electrons. The summed E-state index contributed by atoms with van der Waals surface area (Å²) in [5.74, 6) is 5.95. The second kappa shape index (κ2) is 5.97. The van der Waals surface area contributed by atoms with Crippen LogP contribution in [0.3, 0.4) is 0 Å². The van der Waals surface area contributed by atoms with E-state index in [4.69, 9.17) is 10.6 Å². The Morgan fingerprint density at radius 2 is 1.95 bits per heavy atom. The monoisotopic (exact) mass is 286 g/mol. The van der Waals surface area contributed by atoms with Crippen LogP contribution < -0.4 is 11.3 Å². The van der Waals surface area contributed by atoms with E-state index in [1.807, 2.05) is 30.1 Å². The van der Waals surface area contributed by atoms with E-state index in [0.717, 1.165) is 31.7 Å². The third kappa shape index (κ3) is 2.48. The second-order valence-corrected chi connectivity index (χ2v) is 5.61. The first-order valence-corrected chi connectivity index (χ1v) is 7.35. The van der Waals surface area contributed by atoms with Crippen LogP contribution in [-0.4, -0.2) is 23.0 Å². The first-order chi connectivity index (χ1) is 10.3. The molecule has 1 aromatic heterocycles. The summed E-state index contributed by atoms with van der Waals surface area (Å²) in [6.07, 6.45) is 3.70. The van der Waals surface area contributed by atoms with E-state index in [1.54, 1.807) is 0 Å². The SMILES string of the molecule is Cn1nccc1C(NN)C1(c2ccccc2)CCOCC1. The lowest BCUT2D eigenvalue weighted by atomic mass is 9.68. The quantitative estimate of drug-likeness (QED) is 0.663. The Labute approximate surface area is 125 Å². The van der Waals surface area contributed by atoms with Crippen molar-refractivity contribution in [2.45, 2.75) is 24.3 Å². The van der Waals surface area contributed by atoms with Crippen molar-refractivity contribution < 1.29 is 4.74 Å². The highest BCUT2D eigenvalue weighted by atomic mass is 16.5. The van der Waals surface area contributed by atoms with Crippen LogP contribution in [0, 0.1) is 0 Å². The Balaban J connectivity index is 2.08. The molecule has 3 rings (SSSR count). The van der Waals surface area contributed by atoms with Crippen LogP contribution in [0.15, 0.2) is 42.6 Å². The molecule has 21 heavy (non-hydrogen) atoms. The van der Waals surface area contributed by atoms with Gasteiger partial charge in [-0.25, -0.2) is 0 Å². The number of hydrogen-bond donors (Lipinski definition) is 2. The van der Waals surface area contributed by atoms with E-state index in [1.165, 1.54) is 5.56 Å². The van der Waals surface area contributed by atoms with Gasteiger partial charge in [-0.05, 0) is 24.5 Å². The van der Waals surface area contributed by atoms with E-state index in [0.29, 0.717) is 0 Å².